The van der Waals surface area contributed by atoms with Crippen LogP contribution in [0.1, 0.15) is 45.8 Å². The predicted octanol–water partition coefficient (Wildman–Crippen LogP) is 3.24. The first-order valence-corrected chi connectivity index (χ1v) is 8.75. The van der Waals surface area contributed by atoms with E-state index in [4.69, 9.17) is 25.8 Å². The van der Waals surface area contributed by atoms with Gasteiger partial charge in [-0.1, -0.05) is 17.7 Å². The lowest BCUT2D eigenvalue weighted by Crippen LogP contribution is -2.38. The normalized spacial score (nSPS) is 14.6. The molecule has 9 heteroatoms. The number of benzene rings is 1. The Morgan fingerprint density at radius 2 is 2.14 bits per heavy atom. The number of hydrogen-bond acceptors (Lipinski definition) is 6. The smallest absolute Gasteiger partial charge is 0.360 e. The van der Waals surface area contributed by atoms with Gasteiger partial charge in [0.05, 0.1) is 24.3 Å². The van der Waals surface area contributed by atoms with Gasteiger partial charge in [0, 0.05) is 32.2 Å². The summed E-state index contributed by atoms with van der Waals surface area (Å²) < 4.78 is 29.3. The van der Waals surface area contributed by atoms with E-state index in [1.807, 2.05) is 0 Å². The highest BCUT2D eigenvalue weighted by Gasteiger charge is 2.34. The Kier molecular flexibility index (Phi) is 5.53. The van der Waals surface area contributed by atoms with Gasteiger partial charge in [-0.2, -0.15) is 0 Å². The number of nitrogens with one attached hydrogen (secondary N) is 1. The Labute approximate surface area is 165 Å². The first kappa shape index (κ1) is 20.0. The van der Waals surface area contributed by atoms with E-state index in [9.17, 15) is 14.0 Å². The molecule has 28 heavy (non-hydrogen) atoms. The number of pyridine rings is 1. The number of halogens is 2. The van der Waals surface area contributed by atoms with Gasteiger partial charge in [0.25, 0.3) is 5.91 Å². The van der Waals surface area contributed by atoms with E-state index >= 15 is 0 Å². The quantitative estimate of drug-likeness (QED) is 0.781. The summed E-state index contributed by atoms with van der Waals surface area (Å²) in [5, 5.41) is 2.68. The zero-order valence-corrected chi connectivity index (χ0v) is 16.2. The molecule has 148 valence electrons. The van der Waals surface area contributed by atoms with Crippen LogP contribution in [-0.4, -0.2) is 29.8 Å². The number of ether oxygens (including phenoxy) is 3. The Morgan fingerprint density at radius 3 is 2.82 bits per heavy atom. The minimum absolute atomic E-state index is 0.0303. The number of carbonyl (C=O) groups excluding carboxylic acids is 2. The summed E-state index contributed by atoms with van der Waals surface area (Å²) in [5.41, 5.74) is 1.19. The van der Waals surface area contributed by atoms with Gasteiger partial charge in [-0.05, 0) is 17.7 Å². The second-order valence-electron chi connectivity index (χ2n) is 6.54. The van der Waals surface area contributed by atoms with Crippen molar-refractivity contribution in [2.24, 2.45) is 0 Å². The highest BCUT2D eigenvalue weighted by Crippen LogP contribution is 2.35. The average Bonchev–Trinajstić information content (AvgIpc) is 2.66. The van der Waals surface area contributed by atoms with Crippen LogP contribution in [0.25, 0.3) is 0 Å². The maximum absolute atomic E-state index is 13.3. The van der Waals surface area contributed by atoms with E-state index in [1.54, 1.807) is 13.8 Å². The minimum Gasteiger partial charge on any atom is -0.464 e. The first-order valence-electron chi connectivity index (χ1n) is 8.37. The molecule has 0 atom stereocenters. The van der Waals surface area contributed by atoms with Crippen molar-refractivity contribution in [3.63, 3.8) is 0 Å². The fraction of sp³-hybridized carbons (Fsp3) is 0.316. The number of aromatic nitrogens is 1. The SMILES string of the molecule is COC(=O)c1ncc(C(=O)NCc2ccc(F)c(Cl)c2)c2c1OC(C)(C)OC2. The lowest BCUT2D eigenvalue weighted by molar-refractivity contribution is -0.180. The van der Waals surface area contributed by atoms with Crippen molar-refractivity contribution < 1.29 is 28.2 Å². The molecule has 1 aromatic heterocycles. The van der Waals surface area contributed by atoms with E-state index in [1.165, 1.54) is 31.5 Å². The predicted molar refractivity (Wildman–Crippen MR) is 97.7 cm³/mol. The number of esters is 1. The van der Waals surface area contributed by atoms with Gasteiger partial charge in [-0.3, -0.25) is 4.79 Å². The molecular weight excluding hydrogens is 391 g/mol. The van der Waals surface area contributed by atoms with Crippen molar-refractivity contribution in [2.45, 2.75) is 32.8 Å². The third-order valence-corrected chi connectivity index (χ3v) is 4.40. The largest absolute Gasteiger partial charge is 0.464 e. The lowest BCUT2D eigenvalue weighted by Gasteiger charge is -2.33. The number of rotatable bonds is 4. The highest BCUT2D eigenvalue weighted by molar-refractivity contribution is 6.30. The summed E-state index contributed by atoms with van der Waals surface area (Å²) in [7, 11) is 1.23. The Balaban J connectivity index is 1.88. The maximum atomic E-state index is 13.3. The summed E-state index contributed by atoms with van der Waals surface area (Å²) in [6, 6.07) is 4.17. The van der Waals surface area contributed by atoms with Crippen LogP contribution in [0.3, 0.4) is 0 Å². The van der Waals surface area contributed by atoms with Crippen LogP contribution in [0.15, 0.2) is 24.4 Å². The highest BCUT2D eigenvalue weighted by atomic mass is 35.5. The standard InChI is InChI=1S/C19H18ClFN2O5/c1-19(2)27-9-12-11(8-22-15(16(12)28-19)18(25)26-3)17(24)23-7-10-4-5-14(21)13(20)6-10/h4-6,8H,7,9H2,1-3H3,(H,23,24). The van der Waals surface area contributed by atoms with Crippen LogP contribution < -0.4 is 10.1 Å². The minimum atomic E-state index is -0.989. The summed E-state index contributed by atoms with van der Waals surface area (Å²) in [4.78, 5) is 28.7. The molecule has 0 fully saturated rings. The van der Waals surface area contributed by atoms with E-state index in [0.717, 1.165) is 0 Å². The van der Waals surface area contributed by atoms with Crippen molar-refractivity contribution in [1.29, 1.82) is 0 Å². The summed E-state index contributed by atoms with van der Waals surface area (Å²) in [6.45, 7) is 3.55. The Hall–Kier alpha value is -2.71. The zero-order chi connectivity index (χ0) is 20.5. The molecule has 0 bridgehead atoms. The van der Waals surface area contributed by atoms with E-state index in [-0.39, 0.29) is 35.2 Å². The van der Waals surface area contributed by atoms with Crippen molar-refractivity contribution in [2.75, 3.05) is 7.11 Å². The molecule has 0 saturated heterocycles. The topological polar surface area (TPSA) is 86.8 Å². The van der Waals surface area contributed by atoms with Crippen molar-refractivity contribution in [3.05, 3.63) is 57.6 Å². The number of carbonyl (C=O) groups is 2. The summed E-state index contributed by atoms with van der Waals surface area (Å²) in [5.74, 6) is -2.50. The molecule has 0 spiro atoms. The van der Waals surface area contributed by atoms with Crippen LogP contribution in [0.5, 0.6) is 5.75 Å². The molecule has 0 unspecified atom stereocenters. The van der Waals surface area contributed by atoms with E-state index < -0.39 is 23.5 Å². The molecule has 1 aromatic carbocycles. The van der Waals surface area contributed by atoms with Gasteiger partial charge in [-0.25, -0.2) is 14.2 Å². The lowest BCUT2D eigenvalue weighted by atomic mass is 10.1. The number of hydrogen-bond donors (Lipinski definition) is 1. The molecule has 2 aromatic rings. The number of methoxy groups -OCH3 is 1. The number of amides is 1. The number of nitrogens with zero attached hydrogens (tertiary/aromatic N) is 1. The molecule has 0 saturated carbocycles. The monoisotopic (exact) mass is 408 g/mol. The molecule has 7 nitrogen and oxygen atoms in total. The van der Waals surface area contributed by atoms with Gasteiger partial charge < -0.3 is 19.5 Å². The van der Waals surface area contributed by atoms with Crippen LogP contribution >= 0.6 is 11.6 Å². The third-order valence-electron chi connectivity index (χ3n) is 4.11. The molecule has 1 N–H and O–H groups in total. The van der Waals surface area contributed by atoms with Gasteiger partial charge in [-0.15, -0.1) is 0 Å². The van der Waals surface area contributed by atoms with Crippen LogP contribution in [-0.2, 0) is 22.6 Å². The van der Waals surface area contributed by atoms with Gasteiger partial charge in [0.15, 0.2) is 11.4 Å². The Bertz CT molecular complexity index is 948. The van der Waals surface area contributed by atoms with Gasteiger partial charge >= 0.3 is 5.97 Å². The molecule has 3 rings (SSSR count). The first-order chi connectivity index (χ1) is 13.2. The second-order valence-corrected chi connectivity index (χ2v) is 6.95. The molecule has 0 radical (unpaired) electrons. The van der Waals surface area contributed by atoms with Crippen LogP contribution in [0.4, 0.5) is 4.39 Å². The second kappa shape index (κ2) is 7.73. The summed E-state index contributed by atoms with van der Waals surface area (Å²) >= 11 is 5.75. The maximum Gasteiger partial charge on any atom is 0.360 e. The molecule has 1 aliphatic heterocycles. The van der Waals surface area contributed by atoms with Gasteiger partial charge in [0.2, 0.25) is 5.79 Å². The summed E-state index contributed by atoms with van der Waals surface area (Å²) in [6.07, 6.45) is 1.27. The van der Waals surface area contributed by atoms with Crippen LogP contribution in [0.2, 0.25) is 5.02 Å². The molecule has 0 aliphatic carbocycles. The van der Waals surface area contributed by atoms with Crippen molar-refractivity contribution >= 4 is 23.5 Å². The van der Waals surface area contributed by atoms with E-state index in [0.29, 0.717) is 11.1 Å². The van der Waals surface area contributed by atoms with E-state index in [2.05, 4.69) is 10.3 Å². The average molecular weight is 409 g/mol. The fourth-order valence-electron chi connectivity index (χ4n) is 2.67. The van der Waals surface area contributed by atoms with Crippen molar-refractivity contribution in [1.82, 2.24) is 10.3 Å². The third kappa shape index (κ3) is 4.07. The van der Waals surface area contributed by atoms with Gasteiger partial charge in [0.1, 0.15) is 5.82 Å². The zero-order valence-electron chi connectivity index (χ0n) is 15.5. The molecule has 1 amide bonds. The van der Waals surface area contributed by atoms with Crippen molar-refractivity contribution in [3.8, 4) is 5.75 Å². The molecular formula is C19H18ClFN2O5. The molecule has 1 aliphatic rings. The van der Waals surface area contributed by atoms with Crippen LogP contribution in [0, 0.1) is 5.82 Å². The Morgan fingerprint density at radius 1 is 1.39 bits per heavy atom. The number of fused-ring (bicyclic) bond motifs is 1. The fourth-order valence-corrected chi connectivity index (χ4v) is 2.87. The molecule has 2 heterocycles.